The lowest BCUT2D eigenvalue weighted by atomic mass is 10.1. The van der Waals surface area contributed by atoms with E-state index in [0.717, 1.165) is 21.6 Å². The summed E-state index contributed by atoms with van der Waals surface area (Å²) in [6.07, 6.45) is 5.02. The number of hydrogen-bond donors (Lipinski definition) is 1. The fraction of sp³-hybridized carbons (Fsp3) is 0.429. The first-order valence-corrected chi connectivity index (χ1v) is 7.33. The van der Waals surface area contributed by atoms with Gasteiger partial charge in [0.25, 0.3) is 0 Å². The number of hydrogen-bond acceptors (Lipinski definition) is 3. The van der Waals surface area contributed by atoms with Crippen LogP contribution in [0.4, 0.5) is 0 Å². The number of halogens is 1. The second-order valence-corrected chi connectivity index (χ2v) is 5.79. The molecule has 3 rings (SSSR count). The molecule has 5 heteroatoms. The highest BCUT2D eigenvalue weighted by Crippen LogP contribution is 2.34. The topological polar surface area (TPSA) is 50.8 Å². The first-order valence-electron chi connectivity index (χ1n) is 6.54. The summed E-state index contributed by atoms with van der Waals surface area (Å²) in [4.78, 5) is 4.64. The first kappa shape index (κ1) is 12.7. The standard InChI is InChI=1S/C14H16BrN3O/c1-19-12-8-10(15)6-7-11(12)14-16-13(17-18-14)9-4-2-3-5-9/h6-9H,2-5H2,1H3,(H,16,17,18). The third-order valence-corrected chi connectivity index (χ3v) is 4.14. The Labute approximate surface area is 120 Å². The summed E-state index contributed by atoms with van der Waals surface area (Å²) >= 11 is 3.44. The van der Waals surface area contributed by atoms with Gasteiger partial charge in [-0.3, -0.25) is 5.10 Å². The second-order valence-electron chi connectivity index (χ2n) is 4.87. The number of methoxy groups -OCH3 is 1. The van der Waals surface area contributed by atoms with Gasteiger partial charge in [0.05, 0.1) is 12.7 Å². The highest BCUT2D eigenvalue weighted by molar-refractivity contribution is 9.10. The minimum absolute atomic E-state index is 0.544. The fourth-order valence-electron chi connectivity index (χ4n) is 2.63. The maximum absolute atomic E-state index is 5.39. The number of nitrogens with zero attached hydrogens (tertiary/aromatic N) is 2. The Morgan fingerprint density at radius 1 is 1.32 bits per heavy atom. The quantitative estimate of drug-likeness (QED) is 0.932. The van der Waals surface area contributed by atoms with Crippen molar-refractivity contribution in [2.45, 2.75) is 31.6 Å². The molecule has 0 aliphatic heterocycles. The summed E-state index contributed by atoms with van der Waals surface area (Å²) in [6.45, 7) is 0. The van der Waals surface area contributed by atoms with Gasteiger partial charge in [-0.25, -0.2) is 4.98 Å². The maximum Gasteiger partial charge on any atom is 0.184 e. The summed E-state index contributed by atoms with van der Waals surface area (Å²) in [7, 11) is 1.66. The third-order valence-electron chi connectivity index (χ3n) is 3.65. The van der Waals surface area contributed by atoms with Gasteiger partial charge in [0, 0.05) is 10.4 Å². The van der Waals surface area contributed by atoms with Crippen molar-refractivity contribution in [3.8, 4) is 17.1 Å². The minimum atomic E-state index is 0.544. The Hall–Kier alpha value is -1.36. The predicted molar refractivity (Wildman–Crippen MR) is 77.3 cm³/mol. The molecule has 4 nitrogen and oxygen atoms in total. The summed E-state index contributed by atoms with van der Waals surface area (Å²) in [5.74, 6) is 3.05. The van der Waals surface area contributed by atoms with Gasteiger partial charge in [0.1, 0.15) is 11.6 Å². The Morgan fingerprint density at radius 2 is 2.11 bits per heavy atom. The zero-order valence-electron chi connectivity index (χ0n) is 10.8. The lowest BCUT2D eigenvalue weighted by Gasteiger charge is -2.05. The molecule has 1 fully saturated rings. The van der Waals surface area contributed by atoms with Crippen LogP contribution in [0.5, 0.6) is 5.75 Å². The van der Waals surface area contributed by atoms with Crippen molar-refractivity contribution in [3.05, 3.63) is 28.5 Å². The molecule has 0 spiro atoms. The van der Waals surface area contributed by atoms with Crippen molar-refractivity contribution in [1.29, 1.82) is 0 Å². The molecule has 1 saturated carbocycles. The van der Waals surface area contributed by atoms with Crippen molar-refractivity contribution in [3.63, 3.8) is 0 Å². The number of aromatic amines is 1. The lowest BCUT2D eigenvalue weighted by Crippen LogP contribution is -1.95. The number of ether oxygens (including phenoxy) is 1. The number of benzene rings is 1. The van der Waals surface area contributed by atoms with Gasteiger partial charge in [-0.05, 0) is 31.0 Å². The summed E-state index contributed by atoms with van der Waals surface area (Å²) < 4.78 is 6.38. The normalized spacial score (nSPS) is 15.9. The van der Waals surface area contributed by atoms with Gasteiger partial charge in [0.2, 0.25) is 0 Å². The smallest absolute Gasteiger partial charge is 0.184 e. The summed E-state index contributed by atoms with van der Waals surface area (Å²) in [6, 6.07) is 5.88. The van der Waals surface area contributed by atoms with Crippen molar-refractivity contribution in [2.24, 2.45) is 0 Å². The zero-order valence-corrected chi connectivity index (χ0v) is 12.4. The largest absolute Gasteiger partial charge is 0.496 e. The van der Waals surface area contributed by atoms with E-state index < -0.39 is 0 Å². The van der Waals surface area contributed by atoms with Crippen LogP contribution in [0.1, 0.15) is 37.4 Å². The molecular formula is C14H16BrN3O. The van der Waals surface area contributed by atoms with Crippen LogP contribution in [0.3, 0.4) is 0 Å². The SMILES string of the molecule is COc1cc(Br)ccc1-c1n[nH]c(C2CCCC2)n1. The van der Waals surface area contributed by atoms with Crippen molar-refractivity contribution < 1.29 is 4.74 Å². The van der Waals surface area contributed by atoms with E-state index in [2.05, 4.69) is 31.1 Å². The molecule has 1 aromatic carbocycles. The molecule has 1 aromatic heterocycles. The van der Waals surface area contributed by atoms with E-state index in [1.165, 1.54) is 25.7 Å². The maximum atomic E-state index is 5.39. The molecule has 0 bridgehead atoms. The Kier molecular flexibility index (Phi) is 3.55. The fourth-order valence-corrected chi connectivity index (χ4v) is 2.97. The van der Waals surface area contributed by atoms with Crippen LogP contribution >= 0.6 is 15.9 Å². The van der Waals surface area contributed by atoms with Crippen molar-refractivity contribution in [2.75, 3.05) is 7.11 Å². The predicted octanol–water partition coefficient (Wildman–Crippen LogP) is 3.90. The van der Waals surface area contributed by atoms with E-state index in [1.807, 2.05) is 18.2 Å². The van der Waals surface area contributed by atoms with Crippen molar-refractivity contribution >= 4 is 15.9 Å². The minimum Gasteiger partial charge on any atom is -0.496 e. The molecule has 0 amide bonds. The van der Waals surface area contributed by atoms with Crippen molar-refractivity contribution in [1.82, 2.24) is 15.2 Å². The Morgan fingerprint density at radius 3 is 2.84 bits per heavy atom. The van der Waals surface area contributed by atoms with Gasteiger partial charge in [-0.1, -0.05) is 28.8 Å². The molecule has 19 heavy (non-hydrogen) atoms. The van der Waals surface area contributed by atoms with E-state index in [-0.39, 0.29) is 0 Å². The van der Waals surface area contributed by atoms with E-state index in [1.54, 1.807) is 7.11 Å². The molecule has 0 atom stereocenters. The Bertz CT molecular complexity index is 576. The third kappa shape index (κ3) is 2.52. The van der Waals surface area contributed by atoms with E-state index >= 15 is 0 Å². The van der Waals surface area contributed by atoms with Crippen LogP contribution < -0.4 is 4.74 Å². The molecule has 1 heterocycles. The molecule has 100 valence electrons. The van der Waals surface area contributed by atoms with Gasteiger partial charge in [-0.2, -0.15) is 5.10 Å². The molecule has 0 saturated heterocycles. The molecule has 1 aliphatic carbocycles. The van der Waals surface area contributed by atoms with E-state index in [0.29, 0.717) is 11.7 Å². The van der Waals surface area contributed by atoms with Gasteiger partial charge in [-0.15, -0.1) is 0 Å². The number of nitrogens with one attached hydrogen (secondary N) is 1. The van der Waals surface area contributed by atoms with Gasteiger partial charge < -0.3 is 4.74 Å². The first-order chi connectivity index (χ1) is 9.28. The van der Waals surface area contributed by atoms with Crippen LogP contribution in [-0.2, 0) is 0 Å². The molecule has 0 radical (unpaired) electrons. The van der Waals surface area contributed by atoms with Crippen LogP contribution in [0, 0.1) is 0 Å². The summed E-state index contributed by atoms with van der Waals surface area (Å²) in [5.41, 5.74) is 0.922. The average Bonchev–Trinajstić information content (AvgIpc) is 3.09. The molecule has 1 aliphatic rings. The lowest BCUT2D eigenvalue weighted by molar-refractivity contribution is 0.416. The Balaban J connectivity index is 1.93. The van der Waals surface area contributed by atoms with E-state index in [9.17, 15) is 0 Å². The second kappa shape index (κ2) is 5.33. The van der Waals surface area contributed by atoms with Crippen LogP contribution in [-0.4, -0.2) is 22.3 Å². The van der Waals surface area contributed by atoms with Gasteiger partial charge in [0.15, 0.2) is 5.82 Å². The monoisotopic (exact) mass is 321 g/mol. The van der Waals surface area contributed by atoms with Crippen LogP contribution in [0.15, 0.2) is 22.7 Å². The summed E-state index contributed by atoms with van der Waals surface area (Å²) in [5, 5.41) is 7.42. The van der Waals surface area contributed by atoms with Crippen LogP contribution in [0.25, 0.3) is 11.4 Å². The molecule has 1 N–H and O–H groups in total. The average molecular weight is 322 g/mol. The zero-order chi connectivity index (χ0) is 13.2. The van der Waals surface area contributed by atoms with Crippen LogP contribution in [0.2, 0.25) is 0 Å². The molecule has 2 aromatic rings. The highest BCUT2D eigenvalue weighted by atomic mass is 79.9. The van der Waals surface area contributed by atoms with Gasteiger partial charge >= 0.3 is 0 Å². The number of aromatic nitrogens is 3. The number of rotatable bonds is 3. The highest BCUT2D eigenvalue weighted by Gasteiger charge is 2.21. The molecular weight excluding hydrogens is 306 g/mol. The number of H-pyrrole nitrogens is 1. The molecule has 0 unspecified atom stereocenters. The van der Waals surface area contributed by atoms with E-state index in [4.69, 9.17) is 4.74 Å².